The van der Waals surface area contributed by atoms with Crippen LogP contribution in [0, 0.1) is 18.2 Å². The molecular formula is C24H17FN8O2. The number of hydrogen-bond acceptors (Lipinski definition) is 7. The molecule has 3 heterocycles. The number of anilines is 2. The smallest absolute Gasteiger partial charge is 0.300 e. The number of carbonyl (C=O) groups excluding carboxylic acids is 1. The second kappa shape index (κ2) is 8.60. The van der Waals surface area contributed by atoms with E-state index < -0.39 is 11.7 Å². The number of halogens is 1. The molecule has 0 atom stereocenters. The summed E-state index contributed by atoms with van der Waals surface area (Å²) in [6.45, 7) is 0. The van der Waals surface area contributed by atoms with Crippen molar-refractivity contribution >= 4 is 22.9 Å². The van der Waals surface area contributed by atoms with Gasteiger partial charge in [0, 0.05) is 36.1 Å². The third-order valence-corrected chi connectivity index (χ3v) is 5.14. The van der Waals surface area contributed by atoms with E-state index in [2.05, 4.69) is 25.6 Å². The van der Waals surface area contributed by atoms with Crippen molar-refractivity contribution in [2.45, 2.75) is 0 Å². The number of fused-ring (bicyclic) bond motifs is 1. The van der Waals surface area contributed by atoms with E-state index in [0.29, 0.717) is 33.6 Å². The molecule has 1 amide bonds. The number of nitrogens with zero attached hydrogens (tertiary/aromatic N) is 6. The number of aryl methyl sites for hydroxylation is 1. The first-order chi connectivity index (χ1) is 16.9. The van der Waals surface area contributed by atoms with Gasteiger partial charge in [-0.15, -0.1) is 26.3 Å². The molecule has 172 valence electrons. The summed E-state index contributed by atoms with van der Waals surface area (Å²) in [4.78, 5) is 15.5. The molecule has 2 aromatic carbocycles. The number of hydrogen-bond donors (Lipinski definition) is 2. The van der Waals surface area contributed by atoms with Gasteiger partial charge in [0.2, 0.25) is 5.88 Å². The van der Waals surface area contributed by atoms with Crippen molar-refractivity contribution in [1.29, 1.82) is 0 Å². The lowest BCUT2D eigenvalue weighted by Gasteiger charge is -2.09. The van der Waals surface area contributed by atoms with Gasteiger partial charge in [-0.1, -0.05) is 18.2 Å². The van der Waals surface area contributed by atoms with Crippen LogP contribution in [0.2, 0.25) is 0 Å². The first-order valence-corrected chi connectivity index (χ1v) is 10.3. The maximum absolute atomic E-state index is 15.1. The monoisotopic (exact) mass is 468 g/mol. The Morgan fingerprint density at radius 1 is 1.14 bits per heavy atom. The van der Waals surface area contributed by atoms with Crippen LogP contribution in [0.1, 0.15) is 0 Å². The zero-order valence-corrected chi connectivity index (χ0v) is 18.3. The minimum atomic E-state index is -0.596. The lowest BCUT2D eigenvalue weighted by Crippen LogP contribution is -2.07. The number of carbonyl (C=O) groups is 1. The highest BCUT2D eigenvalue weighted by Crippen LogP contribution is 2.38. The highest BCUT2D eigenvalue weighted by Gasteiger charge is 2.21. The summed E-state index contributed by atoms with van der Waals surface area (Å²) in [6.07, 6.45) is 8.08. The Balaban J connectivity index is 1.59. The molecule has 5 rings (SSSR count). The van der Waals surface area contributed by atoms with Gasteiger partial charge in [0.25, 0.3) is 5.91 Å². The second-order valence-electron chi connectivity index (χ2n) is 7.46. The van der Waals surface area contributed by atoms with E-state index >= 15 is 4.39 Å². The number of nitrogen functional groups attached to an aromatic ring is 1. The number of amides is 1. The largest absolute Gasteiger partial charge is 0.434 e. The molecule has 0 aliphatic heterocycles. The van der Waals surface area contributed by atoms with Crippen LogP contribution < -0.4 is 15.8 Å². The van der Waals surface area contributed by atoms with Crippen LogP contribution in [0.15, 0.2) is 61.1 Å². The van der Waals surface area contributed by atoms with Gasteiger partial charge in [-0.2, -0.15) is 0 Å². The van der Waals surface area contributed by atoms with Gasteiger partial charge in [0.15, 0.2) is 17.4 Å². The fraction of sp³-hybridized carbons (Fsp3) is 0.0417. The van der Waals surface area contributed by atoms with Crippen LogP contribution in [0.4, 0.5) is 15.9 Å². The number of rotatable bonds is 5. The first kappa shape index (κ1) is 21.6. The second-order valence-corrected chi connectivity index (χ2v) is 7.46. The maximum Gasteiger partial charge on any atom is 0.300 e. The van der Waals surface area contributed by atoms with Gasteiger partial charge in [0.05, 0.1) is 0 Å². The molecule has 3 aromatic heterocycles. The normalized spacial score (nSPS) is 10.8. The maximum atomic E-state index is 15.1. The fourth-order valence-corrected chi connectivity index (χ4v) is 3.57. The van der Waals surface area contributed by atoms with Crippen LogP contribution in [-0.2, 0) is 11.8 Å². The fourth-order valence-electron chi connectivity index (χ4n) is 3.57. The van der Waals surface area contributed by atoms with Crippen molar-refractivity contribution in [3.8, 4) is 46.4 Å². The van der Waals surface area contributed by atoms with E-state index in [-0.39, 0.29) is 17.4 Å². The Kier molecular flexibility index (Phi) is 5.31. The van der Waals surface area contributed by atoms with Gasteiger partial charge in [0.1, 0.15) is 17.5 Å². The van der Waals surface area contributed by atoms with Gasteiger partial charge < -0.3 is 15.8 Å². The molecule has 35 heavy (non-hydrogen) atoms. The highest BCUT2D eigenvalue weighted by atomic mass is 19.1. The molecule has 0 aliphatic carbocycles. The molecule has 11 heteroatoms. The molecule has 0 saturated carbocycles. The Hall–Kier alpha value is -5.24. The van der Waals surface area contributed by atoms with Crippen LogP contribution >= 0.6 is 0 Å². The minimum Gasteiger partial charge on any atom is -0.434 e. The van der Waals surface area contributed by atoms with Crippen molar-refractivity contribution in [1.82, 2.24) is 29.6 Å². The van der Waals surface area contributed by atoms with Crippen LogP contribution in [-0.4, -0.2) is 35.5 Å². The molecule has 0 aliphatic rings. The van der Waals surface area contributed by atoms with Crippen LogP contribution in [0.25, 0.3) is 27.9 Å². The Labute approximate surface area is 198 Å². The quantitative estimate of drug-likeness (QED) is 0.379. The molecular weight excluding hydrogens is 451 g/mol. The van der Waals surface area contributed by atoms with Crippen molar-refractivity contribution < 1.29 is 13.9 Å². The Morgan fingerprint density at radius 3 is 2.60 bits per heavy atom. The lowest BCUT2D eigenvalue weighted by atomic mass is 9.99. The molecule has 0 radical (unpaired) electrons. The van der Waals surface area contributed by atoms with Crippen LogP contribution in [0.3, 0.4) is 0 Å². The summed E-state index contributed by atoms with van der Waals surface area (Å²) in [7, 11) is 1.74. The van der Waals surface area contributed by atoms with Crippen molar-refractivity contribution in [3.05, 3.63) is 66.9 Å². The third kappa shape index (κ3) is 4.11. The predicted octanol–water partition coefficient (Wildman–Crippen LogP) is 3.28. The van der Waals surface area contributed by atoms with Gasteiger partial charge >= 0.3 is 0 Å². The number of terminal acetylenes is 1. The zero-order chi connectivity index (χ0) is 24.5. The Morgan fingerprint density at radius 2 is 1.91 bits per heavy atom. The van der Waals surface area contributed by atoms with E-state index in [4.69, 9.17) is 16.9 Å². The summed E-state index contributed by atoms with van der Waals surface area (Å²) >= 11 is 0. The third-order valence-electron chi connectivity index (χ3n) is 5.14. The minimum absolute atomic E-state index is 0.0169. The number of nitrogens with one attached hydrogen (secondary N) is 1. The molecule has 0 fully saturated rings. The van der Waals surface area contributed by atoms with E-state index in [0.717, 1.165) is 0 Å². The average molecular weight is 468 g/mol. The van der Waals surface area contributed by atoms with Gasteiger partial charge in [-0.05, 0) is 35.7 Å². The molecule has 0 saturated heterocycles. The summed E-state index contributed by atoms with van der Waals surface area (Å²) in [5, 5.41) is 15.4. The van der Waals surface area contributed by atoms with Crippen molar-refractivity contribution in [2.75, 3.05) is 11.1 Å². The molecule has 0 unspecified atom stereocenters. The number of aromatic nitrogens is 6. The number of benzene rings is 2. The van der Waals surface area contributed by atoms with E-state index in [1.54, 1.807) is 54.3 Å². The van der Waals surface area contributed by atoms with E-state index in [1.165, 1.54) is 23.1 Å². The predicted molar refractivity (Wildman–Crippen MR) is 127 cm³/mol. The van der Waals surface area contributed by atoms with E-state index in [1.807, 2.05) is 5.92 Å². The SMILES string of the molecule is C#CC(=O)Nc1ccc(-c2nn3ncnc(N)c3c2-c2ccc(Oc3ccn(C)n3)c(F)c2)cc1. The first-order valence-electron chi connectivity index (χ1n) is 10.3. The molecule has 3 N–H and O–H groups in total. The summed E-state index contributed by atoms with van der Waals surface area (Å²) in [5.74, 6) is 1.31. The number of nitrogens with two attached hydrogens (primary N) is 1. The topological polar surface area (TPSA) is 125 Å². The van der Waals surface area contributed by atoms with E-state index in [9.17, 15) is 4.79 Å². The highest BCUT2D eigenvalue weighted by molar-refractivity contribution is 6.03. The lowest BCUT2D eigenvalue weighted by molar-refractivity contribution is -0.111. The average Bonchev–Trinajstić information content (AvgIpc) is 3.45. The molecule has 0 spiro atoms. The summed E-state index contributed by atoms with van der Waals surface area (Å²) in [5.41, 5.74) is 9.28. The van der Waals surface area contributed by atoms with Gasteiger partial charge in [-0.3, -0.25) is 9.48 Å². The summed E-state index contributed by atoms with van der Waals surface area (Å²) in [6, 6.07) is 13.0. The van der Waals surface area contributed by atoms with Crippen molar-refractivity contribution in [2.24, 2.45) is 7.05 Å². The zero-order valence-electron chi connectivity index (χ0n) is 18.3. The van der Waals surface area contributed by atoms with Crippen molar-refractivity contribution in [3.63, 3.8) is 0 Å². The summed E-state index contributed by atoms with van der Waals surface area (Å²) < 4.78 is 23.5. The van der Waals surface area contributed by atoms with Crippen LogP contribution in [0.5, 0.6) is 11.6 Å². The molecule has 10 nitrogen and oxygen atoms in total. The molecule has 5 aromatic rings. The Bertz CT molecular complexity index is 1620. The van der Waals surface area contributed by atoms with Gasteiger partial charge in [-0.25, -0.2) is 9.37 Å². The standard InChI is InChI=1S/C24H17FN8O2/c1-3-19(34)29-16-7-4-14(5-8-16)22-21(23-24(26)27-13-28-33(23)31-22)15-6-9-18(17(25)12-15)35-20-10-11-32(2)30-20/h1,4-13H,2H3,(H,29,34)(H2,26,27,28). The molecule has 0 bridgehead atoms. The number of ether oxygens (including phenoxy) is 1.